The predicted molar refractivity (Wildman–Crippen MR) is 142 cm³/mol. The number of ether oxygens (including phenoxy) is 1. The van der Waals surface area contributed by atoms with Gasteiger partial charge in [-0.3, -0.25) is 9.69 Å². The normalized spacial score (nSPS) is 26.0. The van der Waals surface area contributed by atoms with Crippen LogP contribution in [0.25, 0.3) is 0 Å². The zero-order valence-corrected chi connectivity index (χ0v) is 22.2. The maximum Gasteiger partial charge on any atom is 0.256 e. The molecule has 2 unspecified atom stereocenters. The molecule has 4 aliphatic rings. The Bertz CT molecular complexity index is 1260. The van der Waals surface area contributed by atoms with Gasteiger partial charge in [-0.15, -0.1) is 0 Å². The highest BCUT2D eigenvalue weighted by Gasteiger charge is 2.49. The van der Waals surface area contributed by atoms with Crippen LogP contribution in [-0.2, 0) is 23.0 Å². The first-order chi connectivity index (χ1) is 17.9. The molecule has 2 N–H and O–H groups in total. The lowest BCUT2D eigenvalue weighted by atomic mass is 9.94. The molecule has 37 heavy (non-hydrogen) atoms. The van der Waals surface area contributed by atoms with E-state index in [2.05, 4.69) is 39.2 Å². The molecule has 2 aromatic rings. The van der Waals surface area contributed by atoms with Gasteiger partial charge < -0.3 is 10.1 Å². The minimum atomic E-state index is -3.73. The SMILES string of the molecule is O=C(NC12CCCC(CC1)N2Cc1ccccc1)c1cc(S(=O)(=O)NC2CCCC2)cc2c1OCCC2. The molecule has 6 rings (SSSR count). The molecule has 3 fully saturated rings. The molecule has 2 bridgehead atoms. The molecule has 2 atom stereocenters. The Kier molecular flexibility index (Phi) is 6.75. The number of hydrogen-bond acceptors (Lipinski definition) is 5. The van der Waals surface area contributed by atoms with Crippen molar-refractivity contribution >= 4 is 15.9 Å². The van der Waals surface area contributed by atoms with Gasteiger partial charge in [-0.25, -0.2) is 13.1 Å². The van der Waals surface area contributed by atoms with E-state index in [9.17, 15) is 13.2 Å². The van der Waals surface area contributed by atoms with Gasteiger partial charge in [0.15, 0.2) is 0 Å². The van der Waals surface area contributed by atoms with Crippen LogP contribution in [0, 0.1) is 0 Å². The summed E-state index contributed by atoms with van der Waals surface area (Å²) in [6.07, 6.45) is 10.4. The number of rotatable bonds is 7. The summed E-state index contributed by atoms with van der Waals surface area (Å²) < 4.78 is 35.5. The van der Waals surface area contributed by atoms with Gasteiger partial charge in [0.05, 0.1) is 22.7 Å². The van der Waals surface area contributed by atoms with E-state index in [4.69, 9.17) is 4.74 Å². The standard InChI is InChI=1S/C29H37N3O4S/c33-28(30-29-15-6-13-24(14-16-29)32(29)20-21-8-2-1-3-9-21)26-19-25(18-22-10-7-17-36-27(22)26)37(34,35)31-23-11-4-5-12-23/h1-3,8-9,18-19,23-24,31H,4-7,10-17,20H2,(H,30,33). The zero-order valence-electron chi connectivity index (χ0n) is 21.4. The van der Waals surface area contributed by atoms with Crippen molar-refractivity contribution in [3.8, 4) is 5.75 Å². The zero-order chi connectivity index (χ0) is 25.5. The molecule has 0 radical (unpaired) electrons. The summed E-state index contributed by atoms with van der Waals surface area (Å²) in [5, 5.41) is 3.40. The topological polar surface area (TPSA) is 87.7 Å². The number of nitrogens with one attached hydrogen (secondary N) is 2. The molecule has 1 saturated carbocycles. The lowest BCUT2D eigenvalue weighted by molar-refractivity contribution is 0.0183. The van der Waals surface area contributed by atoms with Crippen molar-refractivity contribution < 1.29 is 17.9 Å². The second-order valence-corrected chi connectivity index (χ2v) is 12.9. The van der Waals surface area contributed by atoms with E-state index in [1.807, 2.05) is 6.07 Å². The van der Waals surface area contributed by atoms with Crippen LogP contribution >= 0.6 is 0 Å². The molecule has 198 valence electrons. The third-order valence-electron chi connectivity index (χ3n) is 8.76. The molecule has 2 saturated heterocycles. The molecule has 1 amide bonds. The molecule has 1 aliphatic carbocycles. The van der Waals surface area contributed by atoms with E-state index in [1.165, 1.54) is 11.6 Å². The summed E-state index contributed by atoms with van der Waals surface area (Å²) in [7, 11) is -3.73. The Morgan fingerprint density at radius 3 is 2.62 bits per heavy atom. The van der Waals surface area contributed by atoms with Gasteiger partial charge >= 0.3 is 0 Å². The average molecular weight is 524 g/mol. The third kappa shape index (κ3) is 4.91. The summed E-state index contributed by atoms with van der Waals surface area (Å²) in [6, 6.07) is 14.1. The molecule has 7 nitrogen and oxygen atoms in total. The van der Waals surface area contributed by atoms with Gasteiger partial charge in [0.1, 0.15) is 5.75 Å². The van der Waals surface area contributed by atoms with Crippen LogP contribution in [0.5, 0.6) is 5.75 Å². The van der Waals surface area contributed by atoms with E-state index in [0.29, 0.717) is 30.4 Å². The van der Waals surface area contributed by atoms with Crippen LogP contribution in [0.15, 0.2) is 47.4 Å². The summed E-state index contributed by atoms with van der Waals surface area (Å²) in [4.78, 5) is 16.6. The number of fused-ring (bicyclic) bond motifs is 3. The Hall–Kier alpha value is -2.42. The van der Waals surface area contributed by atoms with Gasteiger partial charge in [-0.2, -0.15) is 0 Å². The number of sulfonamides is 1. The number of piperidine rings is 1. The lowest BCUT2D eigenvalue weighted by Gasteiger charge is -2.45. The van der Waals surface area contributed by atoms with Gasteiger partial charge in [0.2, 0.25) is 10.0 Å². The Labute approximate surface area is 220 Å². The van der Waals surface area contributed by atoms with Crippen LogP contribution in [0.2, 0.25) is 0 Å². The molecule has 0 aromatic heterocycles. The fourth-order valence-electron chi connectivity index (χ4n) is 6.90. The highest BCUT2D eigenvalue weighted by atomic mass is 32.2. The molecule has 2 aromatic carbocycles. The fourth-order valence-corrected chi connectivity index (χ4v) is 8.28. The Balaban J connectivity index is 1.31. The molecular weight excluding hydrogens is 486 g/mol. The first-order valence-corrected chi connectivity index (χ1v) is 15.4. The van der Waals surface area contributed by atoms with Crippen LogP contribution in [-0.4, -0.2) is 43.6 Å². The number of benzene rings is 2. The maximum absolute atomic E-state index is 14.0. The van der Waals surface area contributed by atoms with E-state index in [1.54, 1.807) is 6.07 Å². The number of hydrogen-bond donors (Lipinski definition) is 2. The molecule has 3 aliphatic heterocycles. The van der Waals surface area contributed by atoms with Crippen molar-refractivity contribution in [2.75, 3.05) is 6.61 Å². The highest BCUT2D eigenvalue weighted by molar-refractivity contribution is 7.89. The van der Waals surface area contributed by atoms with Crippen molar-refractivity contribution in [2.45, 2.75) is 99.8 Å². The number of carbonyl (C=O) groups excluding carboxylic acids is 1. The predicted octanol–water partition coefficient (Wildman–Crippen LogP) is 4.51. The maximum atomic E-state index is 14.0. The van der Waals surface area contributed by atoms with Crippen molar-refractivity contribution in [1.29, 1.82) is 0 Å². The minimum absolute atomic E-state index is 0.0300. The molecule has 3 heterocycles. The fraction of sp³-hybridized carbons (Fsp3) is 0.552. The number of aryl methyl sites for hydroxylation is 1. The van der Waals surface area contributed by atoms with Gasteiger partial charge in [0, 0.05) is 18.6 Å². The lowest BCUT2D eigenvalue weighted by Crippen LogP contribution is -2.60. The van der Waals surface area contributed by atoms with Crippen LogP contribution in [0.1, 0.15) is 85.7 Å². The van der Waals surface area contributed by atoms with Crippen molar-refractivity contribution in [1.82, 2.24) is 14.9 Å². The first kappa shape index (κ1) is 24.9. The number of nitrogens with zero attached hydrogens (tertiary/aromatic N) is 1. The van der Waals surface area contributed by atoms with E-state index in [0.717, 1.165) is 76.3 Å². The van der Waals surface area contributed by atoms with Crippen molar-refractivity contribution in [3.05, 3.63) is 59.2 Å². The molecule has 0 spiro atoms. The number of carbonyl (C=O) groups is 1. The van der Waals surface area contributed by atoms with Crippen molar-refractivity contribution in [3.63, 3.8) is 0 Å². The molecule has 8 heteroatoms. The number of amides is 1. The summed E-state index contributed by atoms with van der Waals surface area (Å²) in [6.45, 7) is 1.33. The first-order valence-electron chi connectivity index (χ1n) is 13.9. The van der Waals surface area contributed by atoms with Crippen LogP contribution < -0.4 is 14.8 Å². The van der Waals surface area contributed by atoms with E-state index >= 15 is 0 Å². The van der Waals surface area contributed by atoms with E-state index in [-0.39, 0.29) is 16.8 Å². The van der Waals surface area contributed by atoms with Gasteiger partial charge in [0.25, 0.3) is 5.91 Å². The van der Waals surface area contributed by atoms with Crippen LogP contribution in [0.3, 0.4) is 0 Å². The smallest absolute Gasteiger partial charge is 0.256 e. The van der Waals surface area contributed by atoms with Crippen molar-refractivity contribution in [2.24, 2.45) is 0 Å². The van der Waals surface area contributed by atoms with Gasteiger partial charge in [-0.1, -0.05) is 43.2 Å². The largest absolute Gasteiger partial charge is 0.492 e. The minimum Gasteiger partial charge on any atom is -0.492 e. The summed E-state index contributed by atoms with van der Waals surface area (Å²) in [5.74, 6) is 0.302. The van der Waals surface area contributed by atoms with Crippen LogP contribution in [0.4, 0.5) is 0 Å². The third-order valence-corrected chi connectivity index (χ3v) is 10.3. The highest BCUT2D eigenvalue weighted by Crippen LogP contribution is 2.44. The quantitative estimate of drug-likeness (QED) is 0.558. The monoisotopic (exact) mass is 523 g/mol. The second kappa shape index (κ2) is 10.0. The second-order valence-electron chi connectivity index (χ2n) is 11.2. The van der Waals surface area contributed by atoms with E-state index < -0.39 is 15.7 Å². The van der Waals surface area contributed by atoms with Gasteiger partial charge in [-0.05, 0) is 81.0 Å². The molecular formula is C29H37N3O4S. The Morgan fingerprint density at radius 1 is 1.00 bits per heavy atom. The Morgan fingerprint density at radius 2 is 1.81 bits per heavy atom. The summed E-state index contributed by atoms with van der Waals surface area (Å²) in [5.41, 5.74) is 1.96. The summed E-state index contributed by atoms with van der Waals surface area (Å²) >= 11 is 0. The average Bonchev–Trinajstić information content (AvgIpc) is 3.46.